The van der Waals surface area contributed by atoms with Gasteiger partial charge in [0.2, 0.25) is 5.91 Å². The molecule has 0 aliphatic carbocycles. The van der Waals surface area contributed by atoms with E-state index in [0.29, 0.717) is 12.3 Å². The summed E-state index contributed by atoms with van der Waals surface area (Å²) in [5, 5.41) is 3.08. The van der Waals surface area contributed by atoms with Gasteiger partial charge in [0.15, 0.2) is 0 Å². The summed E-state index contributed by atoms with van der Waals surface area (Å²) >= 11 is 0. The van der Waals surface area contributed by atoms with Gasteiger partial charge in [0.1, 0.15) is 0 Å². The molecule has 1 atom stereocenters. The number of piperidine rings is 1. The first-order chi connectivity index (χ1) is 7.49. The van der Waals surface area contributed by atoms with Crippen LogP contribution in [0, 0.1) is 6.92 Å². The summed E-state index contributed by atoms with van der Waals surface area (Å²) in [5.74, 6) is 0.596. The van der Waals surface area contributed by atoms with Crippen LogP contribution >= 0.6 is 0 Å². The Labute approximate surface area is 97.1 Å². The summed E-state index contributed by atoms with van der Waals surface area (Å²) in [5.41, 5.74) is 2.47. The first-order valence-electron chi connectivity index (χ1n) is 5.86. The zero-order valence-electron chi connectivity index (χ0n) is 10.2. The van der Waals surface area contributed by atoms with E-state index in [4.69, 9.17) is 0 Å². The van der Waals surface area contributed by atoms with E-state index in [9.17, 15) is 4.79 Å². The number of carbonyl (C=O) groups is 1. The van der Waals surface area contributed by atoms with Gasteiger partial charge in [-0.2, -0.15) is 0 Å². The zero-order valence-corrected chi connectivity index (χ0v) is 10.2. The predicted octanol–water partition coefficient (Wildman–Crippen LogP) is 2.77. The van der Waals surface area contributed by atoms with Crippen LogP contribution in [0.3, 0.4) is 0 Å². The topological polar surface area (TPSA) is 29.1 Å². The van der Waals surface area contributed by atoms with Gasteiger partial charge in [-0.05, 0) is 32.8 Å². The fourth-order valence-corrected chi connectivity index (χ4v) is 2.53. The summed E-state index contributed by atoms with van der Waals surface area (Å²) in [7, 11) is 0. The summed E-state index contributed by atoms with van der Waals surface area (Å²) in [6.45, 7) is 6.31. The van der Waals surface area contributed by atoms with Gasteiger partial charge in [0.25, 0.3) is 0 Å². The lowest BCUT2D eigenvalue weighted by Crippen LogP contribution is -2.51. The Kier molecular flexibility index (Phi) is 2.75. The summed E-state index contributed by atoms with van der Waals surface area (Å²) < 4.78 is 0. The maximum Gasteiger partial charge on any atom is 0.220 e. The van der Waals surface area contributed by atoms with Gasteiger partial charge >= 0.3 is 0 Å². The van der Waals surface area contributed by atoms with Crippen molar-refractivity contribution in [3.05, 3.63) is 35.4 Å². The summed E-state index contributed by atoms with van der Waals surface area (Å²) in [4.78, 5) is 11.4. The van der Waals surface area contributed by atoms with Crippen molar-refractivity contribution in [3.8, 4) is 0 Å². The number of aryl methyl sites for hydroxylation is 1. The molecule has 1 N–H and O–H groups in total. The molecular formula is C14H19NO. The number of hydrogen-bond acceptors (Lipinski definition) is 1. The van der Waals surface area contributed by atoms with Crippen molar-refractivity contribution in [2.45, 2.75) is 45.1 Å². The van der Waals surface area contributed by atoms with Gasteiger partial charge < -0.3 is 5.32 Å². The molecule has 1 aromatic rings. The second-order valence-corrected chi connectivity index (χ2v) is 5.27. The van der Waals surface area contributed by atoms with Crippen molar-refractivity contribution in [1.82, 2.24) is 5.32 Å². The Morgan fingerprint density at radius 3 is 2.44 bits per heavy atom. The Balaban J connectivity index is 2.26. The lowest BCUT2D eigenvalue weighted by molar-refractivity contribution is -0.125. The largest absolute Gasteiger partial charge is 0.351 e. The lowest BCUT2D eigenvalue weighted by atomic mass is 9.76. The fraction of sp³-hybridized carbons (Fsp3) is 0.500. The zero-order chi connectivity index (χ0) is 11.8. The lowest BCUT2D eigenvalue weighted by Gasteiger charge is -2.39. The van der Waals surface area contributed by atoms with E-state index in [0.717, 1.165) is 6.42 Å². The summed E-state index contributed by atoms with van der Waals surface area (Å²) in [6, 6.07) is 8.64. The molecule has 1 amide bonds. The number of nitrogens with one attached hydrogen (secondary N) is 1. The molecule has 0 spiro atoms. The quantitative estimate of drug-likeness (QED) is 0.770. The normalized spacial score (nSPS) is 23.9. The van der Waals surface area contributed by atoms with E-state index in [2.05, 4.69) is 50.4 Å². The molecule has 86 valence electrons. The third kappa shape index (κ3) is 2.11. The molecule has 0 bridgehead atoms. The van der Waals surface area contributed by atoms with Crippen LogP contribution < -0.4 is 5.32 Å². The minimum Gasteiger partial charge on any atom is -0.351 e. The third-order valence-electron chi connectivity index (χ3n) is 3.47. The highest BCUT2D eigenvalue weighted by molar-refractivity contribution is 5.78. The van der Waals surface area contributed by atoms with Crippen LogP contribution in [0.4, 0.5) is 0 Å². The molecule has 1 unspecified atom stereocenters. The van der Waals surface area contributed by atoms with Crippen molar-refractivity contribution in [3.63, 3.8) is 0 Å². The number of benzene rings is 1. The van der Waals surface area contributed by atoms with Crippen LogP contribution in [0.5, 0.6) is 0 Å². The summed E-state index contributed by atoms with van der Waals surface area (Å²) in [6.07, 6.45) is 1.59. The average molecular weight is 217 g/mol. The SMILES string of the molecule is Cc1ccc(C2CCC(=O)NC2(C)C)cc1. The Bertz CT molecular complexity index is 392. The van der Waals surface area contributed by atoms with Crippen LogP contribution in [0.25, 0.3) is 0 Å². The van der Waals surface area contributed by atoms with Gasteiger partial charge in [-0.15, -0.1) is 0 Å². The Morgan fingerprint density at radius 2 is 1.88 bits per heavy atom. The van der Waals surface area contributed by atoms with Crippen LogP contribution in [0.1, 0.15) is 43.7 Å². The van der Waals surface area contributed by atoms with Crippen LogP contribution in [0.15, 0.2) is 24.3 Å². The maximum atomic E-state index is 11.4. The first-order valence-corrected chi connectivity index (χ1v) is 5.86. The molecule has 2 heteroatoms. The highest BCUT2D eigenvalue weighted by atomic mass is 16.1. The molecule has 16 heavy (non-hydrogen) atoms. The van der Waals surface area contributed by atoms with Crippen LogP contribution in [0.2, 0.25) is 0 Å². The smallest absolute Gasteiger partial charge is 0.220 e. The molecule has 1 heterocycles. The molecule has 0 saturated carbocycles. The molecule has 1 aliphatic rings. The first kappa shape index (κ1) is 11.2. The van der Waals surface area contributed by atoms with E-state index >= 15 is 0 Å². The minimum absolute atomic E-state index is 0.134. The van der Waals surface area contributed by atoms with Crippen molar-refractivity contribution in [2.24, 2.45) is 0 Å². The van der Waals surface area contributed by atoms with Gasteiger partial charge in [-0.1, -0.05) is 29.8 Å². The molecule has 1 aromatic carbocycles. The van der Waals surface area contributed by atoms with Crippen molar-refractivity contribution < 1.29 is 4.79 Å². The minimum atomic E-state index is -0.134. The second kappa shape index (κ2) is 3.93. The number of amides is 1. The number of carbonyl (C=O) groups excluding carboxylic acids is 1. The van der Waals surface area contributed by atoms with E-state index < -0.39 is 0 Å². The molecule has 0 aromatic heterocycles. The Hall–Kier alpha value is -1.31. The van der Waals surface area contributed by atoms with Crippen molar-refractivity contribution in [1.29, 1.82) is 0 Å². The van der Waals surface area contributed by atoms with Crippen molar-refractivity contribution in [2.75, 3.05) is 0 Å². The monoisotopic (exact) mass is 217 g/mol. The van der Waals surface area contributed by atoms with Gasteiger partial charge in [-0.3, -0.25) is 4.79 Å². The molecule has 1 saturated heterocycles. The molecular weight excluding hydrogens is 198 g/mol. The molecule has 2 rings (SSSR count). The number of hydrogen-bond donors (Lipinski definition) is 1. The average Bonchev–Trinajstić information content (AvgIpc) is 2.18. The fourth-order valence-electron chi connectivity index (χ4n) is 2.53. The van der Waals surface area contributed by atoms with Crippen LogP contribution in [-0.2, 0) is 4.79 Å². The molecule has 2 nitrogen and oxygen atoms in total. The van der Waals surface area contributed by atoms with Gasteiger partial charge in [0, 0.05) is 17.9 Å². The molecule has 1 fully saturated rings. The van der Waals surface area contributed by atoms with E-state index in [1.165, 1.54) is 11.1 Å². The Morgan fingerprint density at radius 1 is 1.25 bits per heavy atom. The predicted molar refractivity (Wildman–Crippen MR) is 65.4 cm³/mol. The van der Waals surface area contributed by atoms with E-state index in [1.54, 1.807) is 0 Å². The van der Waals surface area contributed by atoms with Crippen molar-refractivity contribution >= 4 is 5.91 Å². The van der Waals surface area contributed by atoms with Crippen LogP contribution in [-0.4, -0.2) is 11.4 Å². The highest BCUT2D eigenvalue weighted by Crippen LogP contribution is 2.35. The van der Waals surface area contributed by atoms with Gasteiger partial charge in [0.05, 0.1) is 0 Å². The third-order valence-corrected chi connectivity index (χ3v) is 3.47. The van der Waals surface area contributed by atoms with Gasteiger partial charge in [-0.25, -0.2) is 0 Å². The maximum absolute atomic E-state index is 11.4. The van der Waals surface area contributed by atoms with E-state index in [-0.39, 0.29) is 11.4 Å². The standard InChI is InChI=1S/C14H19NO/c1-10-4-6-11(7-5-10)12-8-9-13(16)15-14(12,2)3/h4-7,12H,8-9H2,1-3H3,(H,15,16). The highest BCUT2D eigenvalue weighted by Gasteiger charge is 2.35. The molecule has 1 aliphatic heterocycles. The second-order valence-electron chi connectivity index (χ2n) is 5.27. The number of rotatable bonds is 1. The molecule has 0 radical (unpaired) electrons. The van der Waals surface area contributed by atoms with E-state index in [1.807, 2.05) is 0 Å².